The van der Waals surface area contributed by atoms with Gasteiger partial charge < -0.3 is 10.2 Å². The van der Waals surface area contributed by atoms with Crippen molar-refractivity contribution >= 4 is 27.5 Å². The first-order valence-electron chi connectivity index (χ1n) is 6.00. The second-order valence-corrected chi connectivity index (χ2v) is 5.22. The van der Waals surface area contributed by atoms with Crippen molar-refractivity contribution in [3.8, 4) is 0 Å². The lowest BCUT2D eigenvalue weighted by molar-refractivity contribution is -0.129. The number of fused-ring (bicyclic) bond motifs is 1. The van der Waals surface area contributed by atoms with Gasteiger partial charge in [0.1, 0.15) is 5.01 Å². The minimum absolute atomic E-state index is 0.0936. The van der Waals surface area contributed by atoms with Crippen LogP contribution in [0.25, 0.3) is 10.2 Å². The van der Waals surface area contributed by atoms with Crippen LogP contribution in [0.2, 0.25) is 0 Å². The van der Waals surface area contributed by atoms with E-state index in [9.17, 15) is 4.79 Å². The molecule has 0 aliphatic rings. The zero-order valence-electron chi connectivity index (χ0n) is 10.6. The summed E-state index contributed by atoms with van der Waals surface area (Å²) in [5.74, 6) is 0.0936. The van der Waals surface area contributed by atoms with Crippen LogP contribution in [-0.2, 0) is 11.3 Å². The molecule has 2 aromatic rings. The van der Waals surface area contributed by atoms with Crippen molar-refractivity contribution in [3.05, 3.63) is 29.3 Å². The van der Waals surface area contributed by atoms with Crippen molar-refractivity contribution in [1.82, 2.24) is 15.2 Å². The number of benzene rings is 1. The van der Waals surface area contributed by atoms with Gasteiger partial charge in [-0.1, -0.05) is 19.1 Å². The monoisotopic (exact) mass is 263 g/mol. The molecular formula is C13H17N3OS. The first kappa shape index (κ1) is 13.0. The lowest BCUT2D eigenvalue weighted by atomic mass is 10.3. The predicted molar refractivity (Wildman–Crippen MR) is 74.6 cm³/mol. The molecule has 0 radical (unpaired) electrons. The summed E-state index contributed by atoms with van der Waals surface area (Å²) in [5, 5.41) is 4.01. The fourth-order valence-corrected chi connectivity index (χ4v) is 2.67. The highest BCUT2D eigenvalue weighted by molar-refractivity contribution is 7.18. The van der Waals surface area contributed by atoms with E-state index in [1.54, 1.807) is 16.2 Å². The number of likely N-dealkylation sites (N-methyl/N-ethyl adjacent to an activating group) is 2. The summed E-state index contributed by atoms with van der Waals surface area (Å²) in [5.41, 5.74) is 1.00. The standard InChI is InChI=1S/C13H17N3OS/c1-3-14-8-13(17)16(2)9-12-15-10-6-4-5-7-11(10)18-12/h4-7,14H,3,8-9H2,1-2H3. The van der Waals surface area contributed by atoms with Gasteiger partial charge in [0, 0.05) is 7.05 Å². The normalized spacial score (nSPS) is 10.8. The Balaban J connectivity index is 2.02. The molecule has 2 rings (SSSR count). The molecule has 0 atom stereocenters. The Morgan fingerprint density at radius 3 is 2.94 bits per heavy atom. The maximum Gasteiger partial charge on any atom is 0.236 e. The molecule has 0 saturated heterocycles. The zero-order chi connectivity index (χ0) is 13.0. The van der Waals surface area contributed by atoms with Crippen molar-refractivity contribution in [2.24, 2.45) is 0 Å². The van der Waals surface area contributed by atoms with Gasteiger partial charge in [0.05, 0.1) is 23.3 Å². The topological polar surface area (TPSA) is 45.2 Å². The molecule has 1 N–H and O–H groups in total. The smallest absolute Gasteiger partial charge is 0.236 e. The van der Waals surface area contributed by atoms with E-state index >= 15 is 0 Å². The van der Waals surface area contributed by atoms with E-state index < -0.39 is 0 Å². The lowest BCUT2D eigenvalue weighted by Crippen LogP contribution is -2.35. The fourth-order valence-electron chi connectivity index (χ4n) is 1.65. The number of aromatic nitrogens is 1. The Morgan fingerprint density at radius 1 is 1.44 bits per heavy atom. The van der Waals surface area contributed by atoms with Crippen LogP contribution in [0.4, 0.5) is 0 Å². The van der Waals surface area contributed by atoms with E-state index in [1.807, 2.05) is 32.2 Å². The van der Waals surface area contributed by atoms with E-state index in [1.165, 1.54) is 4.70 Å². The molecule has 0 unspecified atom stereocenters. The summed E-state index contributed by atoms with van der Waals surface area (Å²) >= 11 is 1.64. The maximum absolute atomic E-state index is 11.8. The number of carbonyl (C=O) groups excluding carboxylic acids is 1. The molecule has 0 spiro atoms. The number of nitrogens with zero attached hydrogens (tertiary/aromatic N) is 2. The van der Waals surface area contributed by atoms with Crippen LogP contribution in [0, 0.1) is 0 Å². The highest BCUT2D eigenvalue weighted by Gasteiger charge is 2.11. The van der Waals surface area contributed by atoms with Gasteiger partial charge in [-0.15, -0.1) is 11.3 Å². The molecule has 0 bridgehead atoms. The maximum atomic E-state index is 11.8. The average molecular weight is 263 g/mol. The van der Waals surface area contributed by atoms with Crippen LogP contribution in [0.5, 0.6) is 0 Å². The highest BCUT2D eigenvalue weighted by Crippen LogP contribution is 2.22. The van der Waals surface area contributed by atoms with Crippen LogP contribution in [-0.4, -0.2) is 35.9 Å². The van der Waals surface area contributed by atoms with Gasteiger partial charge in [0.15, 0.2) is 0 Å². The van der Waals surface area contributed by atoms with Gasteiger partial charge in [-0.25, -0.2) is 4.98 Å². The highest BCUT2D eigenvalue weighted by atomic mass is 32.1. The molecule has 1 aromatic carbocycles. The van der Waals surface area contributed by atoms with Gasteiger partial charge in [-0.3, -0.25) is 4.79 Å². The molecule has 0 saturated carbocycles. The summed E-state index contributed by atoms with van der Waals surface area (Å²) in [7, 11) is 1.81. The number of para-hydroxylation sites is 1. The van der Waals surface area contributed by atoms with Crippen LogP contribution in [0.15, 0.2) is 24.3 Å². The van der Waals surface area contributed by atoms with E-state index in [4.69, 9.17) is 0 Å². The average Bonchev–Trinajstić information content (AvgIpc) is 2.77. The van der Waals surface area contributed by atoms with Crippen molar-refractivity contribution in [2.75, 3.05) is 20.1 Å². The molecule has 5 heteroatoms. The van der Waals surface area contributed by atoms with Crippen LogP contribution >= 0.6 is 11.3 Å². The van der Waals surface area contributed by atoms with Gasteiger partial charge in [-0.2, -0.15) is 0 Å². The second kappa shape index (κ2) is 5.93. The first-order chi connectivity index (χ1) is 8.70. The minimum Gasteiger partial charge on any atom is -0.338 e. The quantitative estimate of drug-likeness (QED) is 0.895. The molecule has 0 aliphatic heterocycles. The Labute approximate surface area is 111 Å². The molecule has 1 amide bonds. The van der Waals surface area contributed by atoms with Crippen molar-refractivity contribution in [3.63, 3.8) is 0 Å². The zero-order valence-corrected chi connectivity index (χ0v) is 11.5. The number of rotatable bonds is 5. The molecule has 1 heterocycles. The van der Waals surface area contributed by atoms with Gasteiger partial charge >= 0.3 is 0 Å². The van der Waals surface area contributed by atoms with E-state index in [2.05, 4.69) is 16.4 Å². The number of nitrogens with one attached hydrogen (secondary N) is 1. The molecule has 0 fully saturated rings. The lowest BCUT2D eigenvalue weighted by Gasteiger charge is -2.15. The molecular weight excluding hydrogens is 246 g/mol. The summed E-state index contributed by atoms with van der Waals surface area (Å²) in [6.07, 6.45) is 0. The predicted octanol–water partition coefficient (Wildman–Crippen LogP) is 1.86. The third kappa shape index (κ3) is 3.05. The van der Waals surface area contributed by atoms with Crippen molar-refractivity contribution in [2.45, 2.75) is 13.5 Å². The largest absolute Gasteiger partial charge is 0.338 e. The summed E-state index contributed by atoms with van der Waals surface area (Å²) < 4.78 is 1.17. The third-order valence-electron chi connectivity index (χ3n) is 2.66. The van der Waals surface area contributed by atoms with Gasteiger partial charge in [0.2, 0.25) is 5.91 Å². The fraction of sp³-hybridized carbons (Fsp3) is 0.385. The van der Waals surface area contributed by atoms with Crippen LogP contribution in [0.1, 0.15) is 11.9 Å². The summed E-state index contributed by atoms with van der Waals surface area (Å²) in [6.45, 7) is 3.75. The Bertz CT molecular complexity index is 505. The number of amides is 1. The molecule has 0 aliphatic carbocycles. The number of thiazole rings is 1. The first-order valence-corrected chi connectivity index (χ1v) is 6.81. The molecule has 18 heavy (non-hydrogen) atoms. The Hall–Kier alpha value is -1.46. The minimum atomic E-state index is 0.0936. The summed E-state index contributed by atoms with van der Waals surface area (Å²) in [4.78, 5) is 18.0. The molecule has 96 valence electrons. The summed E-state index contributed by atoms with van der Waals surface area (Å²) in [6, 6.07) is 8.03. The second-order valence-electron chi connectivity index (χ2n) is 4.11. The van der Waals surface area contributed by atoms with E-state index in [0.717, 1.165) is 17.1 Å². The number of carbonyl (C=O) groups is 1. The third-order valence-corrected chi connectivity index (χ3v) is 3.68. The number of hydrogen-bond acceptors (Lipinski definition) is 4. The SMILES string of the molecule is CCNCC(=O)N(C)Cc1nc2ccccc2s1. The van der Waals surface area contributed by atoms with E-state index in [0.29, 0.717) is 13.1 Å². The Morgan fingerprint density at radius 2 is 2.22 bits per heavy atom. The van der Waals surface area contributed by atoms with Gasteiger partial charge in [0.25, 0.3) is 0 Å². The van der Waals surface area contributed by atoms with Gasteiger partial charge in [-0.05, 0) is 18.7 Å². The molecule has 1 aromatic heterocycles. The molecule has 4 nitrogen and oxygen atoms in total. The number of hydrogen-bond donors (Lipinski definition) is 1. The van der Waals surface area contributed by atoms with Crippen LogP contribution in [0.3, 0.4) is 0 Å². The Kier molecular flexibility index (Phi) is 4.28. The van der Waals surface area contributed by atoms with E-state index in [-0.39, 0.29) is 5.91 Å². The van der Waals surface area contributed by atoms with Crippen molar-refractivity contribution in [1.29, 1.82) is 0 Å². The van der Waals surface area contributed by atoms with Crippen molar-refractivity contribution < 1.29 is 4.79 Å². The van der Waals surface area contributed by atoms with Crippen LogP contribution < -0.4 is 5.32 Å².